The number of sulfonamides is 2. The second-order valence-electron chi connectivity index (χ2n) is 31.7. The Morgan fingerprint density at radius 3 is 1.18 bits per heavy atom. The number of halogens is 7. The van der Waals surface area contributed by atoms with Gasteiger partial charge in [-0.2, -0.15) is 0 Å². The highest BCUT2D eigenvalue weighted by atomic mass is 35.5. The molecule has 124 heavy (non-hydrogen) atoms. The maximum absolute atomic E-state index is 14.0. The molecule has 4 atom stereocenters. The summed E-state index contributed by atoms with van der Waals surface area (Å²) in [5.74, 6) is -1.09. The monoisotopic (exact) mass is 1890 g/mol. The zero-order valence-electron chi connectivity index (χ0n) is 69.9. The van der Waals surface area contributed by atoms with Crippen LogP contribution in [0.5, 0.6) is 0 Å². The predicted molar refractivity (Wildman–Crippen MR) is 490 cm³/mol. The van der Waals surface area contributed by atoms with Crippen LogP contribution in [0, 0.1) is 0 Å². The minimum absolute atomic E-state index is 0.0143. The van der Waals surface area contributed by atoms with Gasteiger partial charge in [0.25, 0.3) is 0 Å². The highest BCUT2D eigenvalue weighted by molar-refractivity contribution is 7.91. The molecule has 8 aromatic rings. The molecular formula is C91H109Cl7N8O15S3. The summed E-state index contributed by atoms with van der Waals surface area (Å²) in [6, 6.07) is 47.2. The number of nitrogens with one attached hydrogen (secondary N) is 5. The van der Waals surface area contributed by atoms with E-state index in [2.05, 4.69) is 40.1 Å². The molecule has 5 N–H and O–H groups in total. The summed E-state index contributed by atoms with van der Waals surface area (Å²) < 4.78 is 121. The molecule has 0 fully saturated rings. The predicted octanol–water partition coefficient (Wildman–Crippen LogP) is 15.3. The Balaban J connectivity index is 0.642. The summed E-state index contributed by atoms with van der Waals surface area (Å²) in [4.78, 5) is 48.6. The number of nitrogens with zero attached hydrogens (tertiary/aromatic N) is 3. The van der Waals surface area contributed by atoms with Crippen LogP contribution in [0.1, 0.15) is 131 Å². The highest BCUT2D eigenvalue weighted by Crippen LogP contribution is 2.43. The topological polar surface area (TPSA) is 279 Å². The number of benzene rings is 8. The van der Waals surface area contributed by atoms with Crippen molar-refractivity contribution in [2.24, 2.45) is 0 Å². The molecule has 0 saturated carbocycles. The molecule has 670 valence electrons. The van der Waals surface area contributed by atoms with E-state index in [1.807, 2.05) is 106 Å². The van der Waals surface area contributed by atoms with E-state index in [-0.39, 0.29) is 213 Å². The Morgan fingerprint density at radius 2 is 0.758 bits per heavy atom. The minimum Gasteiger partial charge on any atom is -0.379 e. The largest absolute Gasteiger partial charge is 0.379 e. The van der Waals surface area contributed by atoms with Crippen LogP contribution in [0.25, 0.3) is 11.1 Å². The quantitative estimate of drug-likeness (QED) is 0.0222. The number of sulfone groups is 1. The molecule has 0 aromatic heterocycles. The van der Waals surface area contributed by atoms with Gasteiger partial charge in [0, 0.05) is 169 Å². The molecule has 8 aromatic carbocycles. The van der Waals surface area contributed by atoms with Gasteiger partial charge in [0.2, 0.25) is 31.9 Å². The normalized spacial score (nSPS) is 16.3. The lowest BCUT2D eigenvalue weighted by Crippen LogP contribution is -2.47. The van der Waals surface area contributed by atoms with E-state index in [1.165, 1.54) is 0 Å². The Morgan fingerprint density at radius 1 is 0.395 bits per heavy atom. The first-order chi connectivity index (χ1) is 59.5. The van der Waals surface area contributed by atoms with Crippen molar-refractivity contribution in [3.05, 3.63) is 249 Å². The number of likely N-dealkylation sites (N-methyl/N-ethyl adjacent to an activating group) is 3. The van der Waals surface area contributed by atoms with Gasteiger partial charge in [-0.05, 0) is 205 Å². The van der Waals surface area contributed by atoms with Crippen molar-refractivity contribution < 1.29 is 68.1 Å². The number of rotatable bonds is 50. The number of fused-ring (bicyclic) bond motifs is 3. The van der Waals surface area contributed by atoms with E-state index in [9.17, 15) is 39.6 Å². The van der Waals surface area contributed by atoms with Crippen LogP contribution in [-0.2, 0) is 98.9 Å². The third kappa shape index (κ3) is 29.4. The Labute approximate surface area is 764 Å². The first-order valence-corrected chi connectivity index (χ1v) is 48.9. The molecule has 3 aliphatic heterocycles. The summed E-state index contributed by atoms with van der Waals surface area (Å²) in [5.41, 5.74) is 10.3. The van der Waals surface area contributed by atoms with Gasteiger partial charge in [0.15, 0.2) is 9.84 Å². The van der Waals surface area contributed by atoms with Crippen molar-refractivity contribution in [1.82, 2.24) is 40.1 Å². The molecule has 0 spiro atoms. The molecule has 0 aliphatic carbocycles. The van der Waals surface area contributed by atoms with Gasteiger partial charge in [0.1, 0.15) is 5.78 Å². The van der Waals surface area contributed by atoms with E-state index >= 15 is 0 Å². The number of hydrogen-bond donors (Lipinski definition) is 5. The smallest absolute Gasteiger partial charge is 0.240 e. The zero-order valence-corrected chi connectivity index (χ0v) is 77.7. The van der Waals surface area contributed by atoms with Crippen LogP contribution in [0.15, 0.2) is 172 Å². The SMILES string of the molecule is CN1Cc2c(Cl)cc(Cl)cc2[C@H](c2cccc(S(=O)(=O)CCCOCCOCCNC(=O)CCC(CCC(=O)CCCOCCOCCNS(=O)(=O)c3cccc([C@@H]4CN(C)Cc5c(Cl)cc(Cl)cc54)c3)(CCC(=O)NCCOCCOCCNS(=O)(=O)c3cccc([C@@H]4CN(C)Cc5c(Cl)cc(Cl)cc54)c3)NCc3ccc(-c4ccc(Cl)cc4)cc3)c2)C1. The van der Waals surface area contributed by atoms with Crippen molar-refractivity contribution in [2.75, 3.05) is 152 Å². The molecule has 0 radical (unpaired) electrons. The fourth-order valence-electron chi connectivity index (χ4n) is 15.9. The van der Waals surface area contributed by atoms with Crippen LogP contribution in [0.4, 0.5) is 0 Å². The molecule has 0 bridgehead atoms. The van der Waals surface area contributed by atoms with Crippen LogP contribution in [-0.4, -0.2) is 215 Å². The van der Waals surface area contributed by atoms with Crippen molar-refractivity contribution in [2.45, 2.75) is 122 Å². The lowest BCUT2D eigenvalue weighted by molar-refractivity contribution is -0.121. The van der Waals surface area contributed by atoms with Crippen molar-refractivity contribution in [3.8, 4) is 11.1 Å². The number of carbonyl (C=O) groups is 3. The Bertz CT molecular complexity index is 4840. The van der Waals surface area contributed by atoms with Crippen LogP contribution in [0.3, 0.4) is 0 Å². The Kier molecular flexibility index (Phi) is 38.0. The number of ether oxygens (including phenoxy) is 6. The molecule has 3 heterocycles. The maximum Gasteiger partial charge on any atom is 0.240 e. The lowest BCUT2D eigenvalue weighted by atomic mass is 9.82. The minimum atomic E-state index is -3.90. The van der Waals surface area contributed by atoms with Crippen LogP contribution >= 0.6 is 81.2 Å². The second kappa shape index (κ2) is 47.9. The van der Waals surface area contributed by atoms with Crippen LogP contribution in [0.2, 0.25) is 35.2 Å². The maximum atomic E-state index is 14.0. The molecule has 3 aliphatic rings. The number of amides is 2. The molecule has 0 saturated heterocycles. The standard InChI is InChI=1S/C91H109Cl7N8O15S3/c1-104-57-80(77-50-70(93)53-86(96)83(77)60-104)66-9-4-13-74(47-66)122(110,111)46-8-35-117-41-42-118-36-30-99-89(108)25-28-91(101-56-63-16-18-64(19-17-63)65-20-22-69(92)23-21-65,27-24-73(107)12-7-34-116-40-43-120-38-32-102-123(112,113)75-14-5-10-67(48-75)81-58-105(2)61-84-78(81)51-71(94)54-87(84)97)29-26-90(109)100-31-37-119-44-45-121-39-33-103-124(114,115)76-15-6-11-68(49-76)82-59-106(3)62-85-79(82)52-72(95)55-88(85)98/h4-6,9-11,13-23,47-55,80-82,101-103H,7-8,12,24-46,56-62H2,1-3H3,(H,99,108)(H,100,109)/t80-,81-,82-,91?/m0/s1. The van der Waals surface area contributed by atoms with E-state index in [0.717, 1.165) is 66.8 Å². The fraction of sp³-hybridized carbons (Fsp3) is 0.440. The first kappa shape index (κ1) is 98.4. The summed E-state index contributed by atoms with van der Waals surface area (Å²) in [6.07, 6.45) is 1.88. The molecule has 23 nitrogen and oxygen atoms in total. The zero-order chi connectivity index (χ0) is 88.4. The first-order valence-electron chi connectivity index (χ1n) is 41.6. The third-order valence-electron chi connectivity index (χ3n) is 22.4. The molecule has 1 unspecified atom stereocenters. The summed E-state index contributed by atoms with van der Waals surface area (Å²) in [7, 11) is -5.46. The van der Waals surface area contributed by atoms with Gasteiger partial charge < -0.3 is 59.1 Å². The summed E-state index contributed by atoms with van der Waals surface area (Å²) in [5, 5.41) is 13.5. The van der Waals surface area contributed by atoms with Gasteiger partial charge in [-0.3, -0.25) is 14.4 Å². The van der Waals surface area contributed by atoms with Crippen molar-refractivity contribution in [1.29, 1.82) is 0 Å². The number of carbonyl (C=O) groups excluding carboxylic acids is 3. The average molecular weight is 1900 g/mol. The van der Waals surface area contributed by atoms with Gasteiger partial charge in [-0.1, -0.05) is 154 Å². The molecular weight excluding hydrogens is 1790 g/mol. The van der Waals surface area contributed by atoms with Gasteiger partial charge in [0.05, 0.1) is 86.5 Å². The number of ketones is 1. The van der Waals surface area contributed by atoms with E-state index in [0.29, 0.717) is 87.4 Å². The van der Waals surface area contributed by atoms with Crippen LogP contribution < -0.4 is 25.4 Å². The summed E-state index contributed by atoms with van der Waals surface area (Å²) in [6.45, 7) is 6.76. The van der Waals surface area contributed by atoms with Crippen molar-refractivity contribution >= 4 is 129 Å². The average Bonchev–Trinajstić information content (AvgIpc) is 0.779. The highest BCUT2D eigenvalue weighted by Gasteiger charge is 2.35. The fourth-order valence-corrected chi connectivity index (χ4v) is 21.2. The van der Waals surface area contributed by atoms with Gasteiger partial charge in [-0.25, -0.2) is 34.7 Å². The van der Waals surface area contributed by atoms with E-state index in [4.69, 9.17) is 110 Å². The molecule has 2 amide bonds. The third-order valence-corrected chi connectivity index (χ3v) is 29.0. The number of hydrogen-bond acceptors (Lipinski definition) is 19. The van der Waals surface area contributed by atoms with Gasteiger partial charge in [-0.15, -0.1) is 0 Å². The molecule has 33 heteroatoms. The molecule has 11 rings (SSSR count). The van der Waals surface area contributed by atoms with Gasteiger partial charge >= 0.3 is 0 Å². The number of Topliss-reactive ketones (excluding diaryl/α,β-unsaturated/α-hetero) is 1. The second-order valence-corrected chi connectivity index (χ2v) is 40.3. The van der Waals surface area contributed by atoms with Crippen molar-refractivity contribution in [3.63, 3.8) is 0 Å². The van der Waals surface area contributed by atoms with E-state index < -0.39 is 35.4 Å². The Hall–Kier alpha value is -6.23. The lowest BCUT2D eigenvalue weighted by Gasteiger charge is -2.35. The summed E-state index contributed by atoms with van der Waals surface area (Å²) >= 11 is 45.3. The van der Waals surface area contributed by atoms with E-state index in [1.54, 1.807) is 72.8 Å².